The van der Waals surface area contributed by atoms with Gasteiger partial charge in [0.1, 0.15) is 6.61 Å². The van der Waals surface area contributed by atoms with Crippen LogP contribution in [-0.2, 0) is 19.7 Å². The van der Waals surface area contributed by atoms with Gasteiger partial charge in [0.05, 0.1) is 5.60 Å². The van der Waals surface area contributed by atoms with Gasteiger partial charge in [-0.05, 0) is 20.8 Å². The standard InChI is InChI=1S/C10H21N3O4S/c1-10(2,3)17-8-9(14)12-4-6-13(7-5-12)18(11,15)16/h4-8H2,1-3H3,(H2,11,15,16). The van der Waals surface area contributed by atoms with E-state index in [1.807, 2.05) is 20.8 Å². The van der Waals surface area contributed by atoms with Crippen LogP contribution >= 0.6 is 0 Å². The largest absolute Gasteiger partial charge is 0.366 e. The van der Waals surface area contributed by atoms with Crippen molar-refractivity contribution in [3.63, 3.8) is 0 Å². The second-order valence-electron chi connectivity index (χ2n) is 5.23. The van der Waals surface area contributed by atoms with Crippen LogP contribution in [0.5, 0.6) is 0 Å². The molecule has 1 saturated heterocycles. The lowest BCUT2D eigenvalue weighted by Gasteiger charge is -2.33. The summed E-state index contributed by atoms with van der Waals surface area (Å²) < 4.78 is 28.7. The number of carbonyl (C=O) groups is 1. The Balaban J connectivity index is 2.41. The number of hydrogen-bond donors (Lipinski definition) is 1. The molecule has 1 aliphatic heterocycles. The number of piperazine rings is 1. The number of nitrogens with two attached hydrogens (primary N) is 1. The lowest BCUT2D eigenvalue weighted by Crippen LogP contribution is -2.53. The van der Waals surface area contributed by atoms with Crippen LogP contribution in [0.1, 0.15) is 20.8 Å². The summed E-state index contributed by atoms with van der Waals surface area (Å²) in [6.07, 6.45) is 0. The van der Waals surface area contributed by atoms with E-state index < -0.39 is 10.2 Å². The van der Waals surface area contributed by atoms with Crippen molar-refractivity contribution in [3.05, 3.63) is 0 Å². The fourth-order valence-electron chi connectivity index (χ4n) is 1.56. The van der Waals surface area contributed by atoms with Gasteiger partial charge >= 0.3 is 0 Å². The Bertz CT molecular complexity index is 394. The Labute approximate surface area is 108 Å². The Morgan fingerprint density at radius 1 is 1.22 bits per heavy atom. The van der Waals surface area contributed by atoms with E-state index in [1.54, 1.807) is 4.90 Å². The highest BCUT2D eigenvalue weighted by atomic mass is 32.2. The Kier molecular flexibility index (Phi) is 4.71. The summed E-state index contributed by atoms with van der Waals surface area (Å²) in [5.74, 6) is -0.126. The summed E-state index contributed by atoms with van der Waals surface area (Å²) >= 11 is 0. The van der Waals surface area contributed by atoms with E-state index in [0.717, 1.165) is 0 Å². The van der Waals surface area contributed by atoms with Crippen LogP contribution in [0.4, 0.5) is 0 Å². The Hall–Kier alpha value is -0.700. The first-order chi connectivity index (χ1) is 8.09. The molecule has 2 N–H and O–H groups in total. The van der Waals surface area contributed by atoms with Crippen molar-refractivity contribution in [1.82, 2.24) is 9.21 Å². The topological polar surface area (TPSA) is 92.9 Å². The molecule has 0 bridgehead atoms. The van der Waals surface area contributed by atoms with Crippen molar-refractivity contribution in [2.75, 3.05) is 32.8 Å². The zero-order chi connectivity index (χ0) is 14.0. The van der Waals surface area contributed by atoms with E-state index in [-0.39, 0.29) is 31.2 Å². The van der Waals surface area contributed by atoms with Gasteiger partial charge in [-0.25, -0.2) is 5.14 Å². The van der Waals surface area contributed by atoms with Crippen molar-refractivity contribution in [1.29, 1.82) is 0 Å². The zero-order valence-corrected chi connectivity index (χ0v) is 11.9. The predicted molar refractivity (Wildman–Crippen MR) is 67.0 cm³/mol. The summed E-state index contributed by atoms with van der Waals surface area (Å²) in [5, 5.41) is 5.02. The monoisotopic (exact) mass is 279 g/mol. The maximum Gasteiger partial charge on any atom is 0.277 e. The van der Waals surface area contributed by atoms with Crippen molar-refractivity contribution >= 4 is 16.1 Å². The molecule has 1 amide bonds. The molecule has 1 aliphatic rings. The molecule has 0 unspecified atom stereocenters. The minimum atomic E-state index is -3.65. The highest BCUT2D eigenvalue weighted by molar-refractivity contribution is 7.86. The van der Waals surface area contributed by atoms with Crippen molar-refractivity contribution < 1.29 is 17.9 Å². The number of carbonyl (C=O) groups excluding carboxylic acids is 1. The van der Waals surface area contributed by atoms with Crippen LogP contribution in [-0.4, -0.2) is 61.9 Å². The smallest absolute Gasteiger partial charge is 0.277 e. The molecular formula is C10H21N3O4S. The van der Waals surface area contributed by atoms with Crippen LogP contribution in [0.25, 0.3) is 0 Å². The molecule has 1 rings (SSSR count). The number of hydrogen-bond acceptors (Lipinski definition) is 4. The van der Waals surface area contributed by atoms with Gasteiger partial charge in [-0.1, -0.05) is 0 Å². The van der Waals surface area contributed by atoms with Crippen molar-refractivity contribution in [2.24, 2.45) is 5.14 Å². The van der Waals surface area contributed by atoms with Gasteiger partial charge in [-0.2, -0.15) is 12.7 Å². The molecule has 1 heterocycles. The lowest BCUT2D eigenvalue weighted by molar-refractivity contribution is -0.142. The van der Waals surface area contributed by atoms with Gasteiger partial charge in [0, 0.05) is 26.2 Å². The van der Waals surface area contributed by atoms with E-state index in [9.17, 15) is 13.2 Å². The van der Waals surface area contributed by atoms with Gasteiger partial charge in [0.25, 0.3) is 10.2 Å². The van der Waals surface area contributed by atoms with Crippen LogP contribution in [0.2, 0.25) is 0 Å². The number of rotatable bonds is 3. The third-order valence-electron chi connectivity index (χ3n) is 2.58. The number of ether oxygens (including phenoxy) is 1. The summed E-state index contributed by atoms with van der Waals surface area (Å²) in [5.41, 5.74) is -0.363. The average molecular weight is 279 g/mol. The SMILES string of the molecule is CC(C)(C)OCC(=O)N1CCN(S(N)(=O)=O)CC1. The highest BCUT2D eigenvalue weighted by Crippen LogP contribution is 2.09. The van der Waals surface area contributed by atoms with Crippen LogP contribution in [0.3, 0.4) is 0 Å². The number of amides is 1. The normalized spacial score (nSPS) is 19.0. The molecule has 7 nitrogen and oxygen atoms in total. The molecule has 0 radical (unpaired) electrons. The minimum absolute atomic E-state index is 0.0128. The quantitative estimate of drug-likeness (QED) is 0.728. The fourth-order valence-corrected chi connectivity index (χ4v) is 2.23. The first-order valence-electron chi connectivity index (χ1n) is 5.79. The molecule has 0 aromatic rings. The predicted octanol–water partition coefficient (Wildman–Crippen LogP) is -0.851. The zero-order valence-electron chi connectivity index (χ0n) is 11.0. The first kappa shape index (κ1) is 15.4. The van der Waals surface area contributed by atoms with Crippen LogP contribution in [0.15, 0.2) is 0 Å². The molecule has 0 aromatic heterocycles. The third kappa shape index (κ3) is 4.89. The summed E-state index contributed by atoms with van der Waals surface area (Å²) in [6, 6.07) is 0. The Morgan fingerprint density at radius 3 is 2.11 bits per heavy atom. The van der Waals surface area contributed by atoms with Crippen molar-refractivity contribution in [2.45, 2.75) is 26.4 Å². The molecule has 0 aliphatic carbocycles. The third-order valence-corrected chi connectivity index (χ3v) is 3.66. The molecule has 106 valence electrons. The molecular weight excluding hydrogens is 258 g/mol. The second-order valence-corrected chi connectivity index (χ2v) is 6.77. The Morgan fingerprint density at radius 2 is 1.72 bits per heavy atom. The number of nitrogens with zero attached hydrogens (tertiary/aromatic N) is 2. The van der Waals surface area contributed by atoms with Crippen LogP contribution in [0, 0.1) is 0 Å². The van der Waals surface area contributed by atoms with E-state index in [2.05, 4.69) is 0 Å². The van der Waals surface area contributed by atoms with Crippen LogP contribution < -0.4 is 5.14 Å². The molecule has 0 atom stereocenters. The first-order valence-corrected chi connectivity index (χ1v) is 7.29. The minimum Gasteiger partial charge on any atom is -0.366 e. The van der Waals surface area contributed by atoms with Gasteiger partial charge < -0.3 is 9.64 Å². The van der Waals surface area contributed by atoms with E-state index in [0.29, 0.717) is 13.1 Å². The van der Waals surface area contributed by atoms with E-state index in [4.69, 9.17) is 9.88 Å². The molecule has 1 fully saturated rings. The van der Waals surface area contributed by atoms with Gasteiger partial charge in [-0.15, -0.1) is 0 Å². The molecule has 8 heteroatoms. The molecule has 0 aromatic carbocycles. The average Bonchev–Trinajstić information content (AvgIpc) is 2.24. The highest BCUT2D eigenvalue weighted by Gasteiger charge is 2.27. The van der Waals surface area contributed by atoms with E-state index >= 15 is 0 Å². The summed E-state index contributed by atoms with van der Waals surface area (Å²) in [6.45, 7) is 6.81. The van der Waals surface area contributed by atoms with Gasteiger partial charge in [-0.3, -0.25) is 4.79 Å². The fraction of sp³-hybridized carbons (Fsp3) is 0.900. The molecule has 0 spiro atoms. The van der Waals surface area contributed by atoms with Gasteiger partial charge in [0.2, 0.25) is 5.91 Å². The maximum atomic E-state index is 11.8. The van der Waals surface area contributed by atoms with E-state index in [1.165, 1.54) is 4.31 Å². The van der Waals surface area contributed by atoms with Crippen molar-refractivity contribution in [3.8, 4) is 0 Å². The molecule has 0 saturated carbocycles. The maximum absolute atomic E-state index is 11.8. The second kappa shape index (κ2) is 5.52. The summed E-state index contributed by atoms with van der Waals surface area (Å²) in [4.78, 5) is 13.4. The lowest BCUT2D eigenvalue weighted by atomic mass is 10.2. The summed E-state index contributed by atoms with van der Waals surface area (Å²) in [7, 11) is -3.65. The van der Waals surface area contributed by atoms with Gasteiger partial charge in [0.15, 0.2) is 0 Å². The molecule has 18 heavy (non-hydrogen) atoms.